The molecule has 4 nitrogen and oxygen atoms in total. The smallest absolute Gasteiger partial charge is 0.230 e. The standard InChI is InChI=1S/C15H19ClN2O2S.ClH/c16-12-5-3-11(4-6-12)14(19)9-21-10-15(20)18-13-2-1-7-17-8-13;/h3-6,13,17H,1-2,7-10H2,(H,18,20);1H. The first-order chi connectivity index (χ1) is 10.1. The van der Waals surface area contributed by atoms with Crippen LogP contribution < -0.4 is 10.6 Å². The number of amides is 1. The van der Waals surface area contributed by atoms with Gasteiger partial charge in [0.15, 0.2) is 5.78 Å². The fraction of sp³-hybridized carbons (Fsp3) is 0.467. The van der Waals surface area contributed by atoms with Crippen molar-refractivity contribution in [2.75, 3.05) is 24.6 Å². The lowest BCUT2D eigenvalue weighted by Gasteiger charge is -2.23. The van der Waals surface area contributed by atoms with Crippen molar-refractivity contribution in [3.8, 4) is 0 Å². The molecular formula is C15H20Cl2N2O2S. The summed E-state index contributed by atoms with van der Waals surface area (Å²) >= 11 is 7.12. The molecule has 122 valence electrons. The van der Waals surface area contributed by atoms with Gasteiger partial charge in [-0.3, -0.25) is 9.59 Å². The Morgan fingerprint density at radius 1 is 1.27 bits per heavy atom. The summed E-state index contributed by atoms with van der Waals surface area (Å²) in [6, 6.07) is 7.03. The second-order valence-corrected chi connectivity index (χ2v) is 6.46. The minimum absolute atomic E-state index is 0. The van der Waals surface area contributed by atoms with Crippen LogP contribution in [-0.2, 0) is 4.79 Å². The van der Waals surface area contributed by atoms with E-state index in [4.69, 9.17) is 11.6 Å². The van der Waals surface area contributed by atoms with Crippen LogP contribution in [0.2, 0.25) is 5.02 Å². The van der Waals surface area contributed by atoms with Crippen LogP contribution in [0.25, 0.3) is 0 Å². The molecule has 1 saturated heterocycles. The predicted octanol–water partition coefficient (Wildman–Crippen LogP) is 2.55. The predicted molar refractivity (Wildman–Crippen MR) is 94.4 cm³/mol. The van der Waals surface area contributed by atoms with Gasteiger partial charge >= 0.3 is 0 Å². The molecule has 1 aliphatic heterocycles. The second kappa shape index (κ2) is 10.1. The maximum Gasteiger partial charge on any atom is 0.230 e. The van der Waals surface area contributed by atoms with Crippen molar-refractivity contribution in [2.24, 2.45) is 0 Å². The van der Waals surface area contributed by atoms with E-state index >= 15 is 0 Å². The lowest BCUT2D eigenvalue weighted by atomic mass is 10.1. The van der Waals surface area contributed by atoms with Gasteiger partial charge in [-0.15, -0.1) is 24.2 Å². The molecule has 1 amide bonds. The van der Waals surface area contributed by atoms with Gasteiger partial charge in [0.25, 0.3) is 0 Å². The number of benzene rings is 1. The van der Waals surface area contributed by atoms with E-state index in [1.165, 1.54) is 11.8 Å². The highest BCUT2D eigenvalue weighted by molar-refractivity contribution is 8.00. The van der Waals surface area contributed by atoms with Crippen molar-refractivity contribution < 1.29 is 9.59 Å². The summed E-state index contributed by atoms with van der Waals surface area (Å²) in [5, 5.41) is 6.85. The number of carbonyl (C=O) groups is 2. The SMILES string of the molecule is Cl.O=C(CSCC(=O)c1ccc(Cl)cc1)NC1CCCNC1. The van der Waals surface area contributed by atoms with E-state index in [2.05, 4.69) is 10.6 Å². The van der Waals surface area contributed by atoms with Crippen LogP contribution in [0.1, 0.15) is 23.2 Å². The van der Waals surface area contributed by atoms with Crippen molar-refractivity contribution >= 4 is 47.5 Å². The maximum absolute atomic E-state index is 11.9. The number of hydrogen-bond donors (Lipinski definition) is 2. The highest BCUT2D eigenvalue weighted by atomic mass is 35.5. The third-order valence-electron chi connectivity index (χ3n) is 3.29. The maximum atomic E-state index is 11.9. The fourth-order valence-electron chi connectivity index (χ4n) is 2.20. The van der Waals surface area contributed by atoms with E-state index < -0.39 is 0 Å². The molecule has 0 saturated carbocycles. The number of hydrogen-bond acceptors (Lipinski definition) is 4. The summed E-state index contributed by atoms with van der Waals surface area (Å²) in [4.78, 5) is 23.7. The Bertz CT molecular complexity index is 491. The van der Waals surface area contributed by atoms with Gasteiger partial charge in [0.05, 0.1) is 11.5 Å². The quantitative estimate of drug-likeness (QED) is 0.763. The lowest BCUT2D eigenvalue weighted by molar-refractivity contribution is -0.119. The number of carbonyl (C=O) groups excluding carboxylic acids is 2. The normalized spacial score (nSPS) is 17.4. The van der Waals surface area contributed by atoms with Crippen LogP contribution in [0.4, 0.5) is 0 Å². The van der Waals surface area contributed by atoms with Gasteiger partial charge in [-0.25, -0.2) is 0 Å². The average Bonchev–Trinajstić information content (AvgIpc) is 2.49. The van der Waals surface area contributed by atoms with Crippen molar-refractivity contribution in [1.29, 1.82) is 0 Å². The molecule has 0 spiro atoms. The van der Waals surface area contributed by atoms with E-state index in [0.29, 0.717) is 22.1 Å². The summed E-state index contributed by atoms with van der Waals surface area (Å²) in [5.74, 6) is 0.634. The molecule has 1 aliphatic rings. The summed E-state index contributed by atoms with van der Waals surface area (Å²) < 4.78 is 0. The summed E-state index contributed by atoms with van der Waals surface area (Å²) in [6.07, 6.45) is 2.11. The molecule has 22 heavy (non-hydrogen) atoms. The van der Waals surface area contributed by atoms with Crippen LogP contribution in [0.5, 0.6) is 0 Å². The number of halogens is 2. The zero-order chi connectivity index (χ0) is 15.1. The van der Waals surface area contributed by atoms with E-state index in [1.807, 2.05) is 0 Å². The molecule has 1 heterocycles. The molecule has 1 aromatic carbocycles. The van der Waals surface area contributed by atoms with Crippen molar-refractivity contribution in [3.63, 3.8) is 0 Å². The van der Waals surface area contributed by atoms with Crippen LogP contribution in [0.3, 0.4) is 0 Å². The number of Topliss-reactive ketones (excluding diaryl/α,β-unsaturated/α-hetero) is 1. The Morgan fingerprint density at radius 3 is 2.64 bits per heavy atom. The first kappa shape index (κ1) is 19.3. The van der Waals surface area contributed by atoms with Crippen molar-refractivity contribution in [2.45, 2.75) is 18.9 Å². The van der Waals surface area contributed by atoms with Gasteiger partial charge in [-0.2, -0.15) is 0 Å². The Morgan fingerprint density at radius 2 is 2.00 bits per heavy atom. The van der Waals surface area contributed by atoms with Crippen LogP contribution in [0, 0.1) is 0 Å². The molecule has 1 atom stereocenters. The van der Waals surface area contributed by atoms with Gasteiger partial charge < -0.3 is 10.6 Å². The number of nitrogens with one attached hydrogen (secondary N) is 2. The molecule has 0 aromatic heterocycles. The summed E-state index contributed by atoms with van der Waals surface area (Å²) in [7, 11) is 0. The number of rotatable bonds is 6. The van der Waals surface area contributed by atoms with E-state index in [-0.39, 0.29) is 30.1 Å². The van der Waals surface area contributed by atoms with Crippen molar-refractivity contribution in [3.05, 3.63) is 34.9 Å². The molecule has 7 heteroatoms. The largest absolute Gasteiger partial charge is 0.351 e. The highest BCUT2D eigenvalue weighted by Crippen LogP contribution is 2.12. The topological polar surface area (TPSA) is 58.2 Å². The van der Waals surface area contributed by atoms with Crippen LogP contribution in [0.15, 0.2) is 24.3 Å². The summed E-state index contributed by atoms with van der Waals surface area (Å²) in [5.41, 5.74) is 0.629. The van der Waals surface area contributed by atoms with E-state index in [1.54, 1.807) is 24.3 Å². The molecule has 0 bridgehead atoms. The van der Waals surface area contributed by atoms with Gasteiger partial charge in [-0.05, 0) is 43.7 Å². The van der Waals surface area contributed by atoms with Crippen LogP contribution >= 0.6 is 35.8 Å². The Labute approximate surface area is 146 Å². The van der Waals surface area contributed by atoms with E-state index in [0.717, 1.165) is 25.9 Å². The summed E-state index contributed by atoms with van der Waals surface area (Å²) in [6.45, 7) is 1.86. The van der Waals surface area contributed by atoms with Crippen molar-refractivity contribution in [1.82, 2.24) is 10.6 Å². The Kier molecular flexibility index (Phi) is 8.86. The zero-order valence-corrected chi connectivity index (χ0v) is 14.5. The number of piperidine rings is 1. The zero-order valence-electron chi connectivity index (χ0n) is 12.1. The molecular weight excluding hydrogens is 343 g/mol. The molecule has 0 radical (unpaired) electrons. The Hall–Kier alpha value is -0.750. The molecule has 1 unspecified atom stereocenters. The van der Waals surface area contributed by atoms with E-state index in [9.17, 15) is 9.59 Å². The number of thioether (sulfide) groups is 1. The fourth-order valence-corrected chi connectivity index (χ4v) is 3.05. The van der Waals surface area contributed by atoms with Gasteiger partial charge in [-0.1, -0.05) is 11.6 Å². The second-order valence-electron chi connectivity index (χ2n) is 5.03. The molecule has 2 N–H and O–H groups in total. The Balaban J connectivity index is 0.00000242. The molecule has 2 rings (SSSR count). The van der Waals surface area contributed by atoms with Gasteiger partial charge in [0.1, 0.15) is 0 Å². The first-order valence-electron chi connectivity index (χ1n) is 7.02. The number of ketones is 1. The monoisotopic (exact) mass is 362 g/mol. The van der Waals surface area contributed by atoms with Gasteiger partial charge in [0.2, 0.25) is 5.91 Å². The molecule has 1 fully saturated rings. The minimum Gasteiger partial charge on any atom is -0.351 e. The molecule has 0 aliphatic carbocycles. The lowest BCUT2D eigenvalue weighted by Crippen LogP contribution is -2.46. The minimum atomic E-state index is -0.00222. The highest BCUT2D eigenvalue weighted by Gasteiger charge is 2.15. The average molecular weight is 363 g/mol. The first-order valence-corrected chi connectivity index (χ1v) is 8.55. The van der Waals surface area contributed by atoms with Crippen LogP contribution in [-0.4, -0.2) is 42.3 Å². The third-order valence-corrected chi connectivity index (χ3v) is 4.48. The molecule has 1 aromatic rings. The van der Waals surface area contributed by atoms with Gasteiger partial charge in [0, 0.05) is 23.2 Å². The third kappa shape index (κ3) is 6.57.